The van der Waals surface area contributed by atoms with E-state index in [1.54, 1.807) is 18.6 Å². The number of imidazole rings is 1. The van der Waals surface area contributed by atoms with Crippen LogP contribution < -0.4 is 4.90 Å². The molecule has 1 aliphatic rings. The van der Waals surface area contributed by atoms with Gasteiger partial charge in [-0.05, 0) is 24.5 Å². The Morgan fingerprint density at radius 1 is 1.04 bits per heavy atom. The van der Waals surface area contributed by atoms with E-state index in [1.807, 2.05) is 24.7 Å². The van der Waals surface area contributed by atoms with E-state index in [2.05, 4.69) is 41.7 Å². The first-order valence-corrected chi connectivity index (χ1v) is 8.31. The van der Waals surface area contributed by atoms with Crippen molar-refractivity contribution in [3.05, 3.63) is 66.9 Å². The zero-order valence-electron chi connectivity index (χ0n) is 13.5. The summed E-state index contributed by atoms with van der Waals surface area (Å²) in [7, 11) is 0. The molecule has 122 valence electrons. The van der Waals surface area contributed by atoms with E-state index in [9.17, 15) is 0 Å². The van der Waals surface area contributed by atoms with Gasteiger partial charge in [-0.2, -0.15) is 0 Å². The number of rotatable bonds is 4. The summed E-state index contributed by atoms with van der Waals surface area (Å²) >= 11 is 0. The van der Waals surface area contributed by atoms with Crippen molar-refractivity contribution in [3.63, 3.8) is 0 Å². The molecule has 0 aromatic carbocycles. The number of hydrogen-bond acceptors (Lipinski definition) is 5. The molecular weight excluding hydrogens is 300 g/mol. The maximum atomic E-state index is 4.64. The van der Waals surface area contributed by atoms with Gasteiger partial charge in [0.25, 0.3) is 0 Å². The minimum absolute atomic E-state index is 0.410. The molecule has 3 aromatic rings. The van der Waals surface area contributed by atoms with Crippen molar-refractivity contribution >= 4 is 5.82 Å². The van der Waals surface area contributed by atoms with Gasteiger partial charge in [-0.15, -0.1) is 0 Å². The Bertz CT molecular complexity index is 770. The van der Waals surface area contributed by atoms with Crippen LogP contribution in [-0.2, 0) is 6.54 Å². The lowest BCUT2D eigenvalue weighted by Gasteiger charge is -2.33. The maximum absolute atomic E-state index is 4.64. The normalized spacial score (nSPS) is 17.8. The van der Waals surface area contributed by atoms with Crippen LogP contribution in [0.5, 0.6) is 0 Å². The van der Waals surface area contributed by atoms with E-state index in [0.717, 1.165) is 44.1 Å². The highest BCUT2D eigenvalue weighted by molar-refractivity contribution is 5.36. The van der Waals surface area contributed by atoms with Gasteiger partial charge in [-0.1, -0.05) is 6.07 Å². The number of hydrogen-bond donors (Lipinski definition) is 0. The first-order valence-electron chi connectivity index (χ1n) is 8.31. The SMILES string of the molecule is c1cncc(Cn2ccnc2[C@H]2CCCN(c3cnccn3)C2)c1. The fourth-order valence-electron chi connectivity index (χ4n) is 3.35. The summed E-state index contributed by atoms with van der Waals surface area (Å²) in [6.07, 6.45) is 15.3. The zero-order chi connectivity index (χ0) is 16.2. The average Bonchev–Trinajstić information content (AvgIpc) is 3.12. The van der Waals surface area contributed by atoms with E-state index < -0.39 is 0 Å². The Labute approximate surface area is 141 Å². The summed E-state index contributed by atoms with van der Waals surface area (Å²) in [5.41, 5.74) is 1.19. The Kier molecular flexibility index (Phi) is 4.18. The quantitative estimate of drug-likeness (QED) is 0.739. The first kappa shape index (κ1) is 14.8. The standard InChI is InChI=1S/C18H20N6/c1-3-15(11-19-5-1)13-24-10-8-22-18(24)16-4-2-9-23(14-16)17-12-20-6-7-21-17/h1,3,5-8,10-12,16H,2,4,9,13-14H2/t16-/m0/s1. The third kappa shape index (κ3) is 3.13. The van der Waals surface area contributed by atoms with Crippen molar-refractivity contribution < 1.29 is 0 Å². The number of piperidine rings is 1. The second kappa shape index (κ2) is 6.78. The molecule has 0 radical (unpaired) electrons. The van der Waals surface area contributed by atoms with Gasteiger partial charge in [-0.3, -0.25) is 9.97 Å². The molecule has 0 aliphatic carbocycles. The highest BCUT2D eigenvalue weighted by Gasteiger charge is 2.25. The molecule has 4 rings (SSSR count). The summed E-state index contributed by atoms with van der Waals surface area (Å²) in [6, 6.07) is 4.08. The van der Waals surface area contributed by atoms with Gasteiger partial charge >= 0.3 is 0 Å². The van der Waals surface area contributed by atoms with Crippen LogP contribution in [0.25, 0.3) is 0 Å². The van der Waals surface area contributed by atoms with Crippen molar-refractivity contribution in [1.82, 2.24) is 24.5 Å². The highest BCUT2D eigenvalue weighted by atomic mass is 15.2. The lowest BCUT2D eigenvalue weighted by atomic mass is 9.97. The number of nitrogens with zero attached hydrogens (tertiary/aromatic N) is 6. The summed E-state index contributed by atoms with van der Waals surface area (Å²) in [6.45, 7) is 2.77. The molecule has 1 fully saturated rings. The smallest absolute Gasteiger partial charge is 0.147 e. The van der Waals surface area contributed by atoms with Gasteiger partial charge in [0, 0.05) is 56.2 Å². The predicted octanol–water partition coefficient (Wildman–Crippen LogP) is 2.50. The molecule has 0 N–H and O–H groups in total. The Balaban J connectivity index is 1.53. The van der Waals surface area contributed by atoms with Crippen molar-refractivity contribution in [1.29, 1.82) is 0 Å². The molecule has 0 unspecified atom stereocenters. The molecule has 0 saturated carbocycles. The largest absolute Gasteiger partial charge is 0.355 e. The molecule has 0 spiro atoms. The van der Waals surface area contributed by atoms with E-state index >= 15 is 0 Å². The topological polar surface area (TPSA) is 59.7 Å². The second-order valence-corrected chi connectivity index (χ2v) is 6.12. The van der Waals surface area contributed by atoms with Gasteiger partial charge in [0.05, 0.1) is 12.7 Å². The number of aromatic nitrogens is 5. The lowest BCUT2D eigenvalue weighted by Crippen LogP contribution is -2.36. The summed E-state index contributed by atoms with van der Waals surface area (Å²) in [5, 5.41) is 0. The van der Waals surface area contributed by atoms with Crippen molar-refractivity contribution in [3.8, 4) is 0 Å². The van der Waals surface area contributed by atoms with Crippen LogP contribution in [0.4, 0.5) is 5.82 Å². The molecule has 0 amide bonds. The third-order valence-electron chi connectivity index (χ3n) is 4.48. The highest BCUT2D eigenvalue weighted by Crippen LogP contribution is 2.28. The van der Waals surface area contributed by atoms with Crippen LogP contribution in [0.1, 0.15) is 30.1 Å². The van der Waals surface area contributed by atoms with Crippen LogP contribution in [0.3, 0.4) is 0 Å². The Hall–Kier alpha value is -2.76. The van der Waals surface area contributed by atoms with E-state index in [-0.39, 0.29) is 0 Å². The van der Waals surface area contributed by atoms with E-state index in [0.29, 0.717) is 5.92 Å². The third-order valence-corrected chi connectivity index (χ3v) is 4.48. The fourth-order valence-corrected chi connectivity index (χ4v) is 3.35. The minimum Gasteiger partial charge on any atom is -0.355 e. The average molecular weight is 320 g/mol. The van der Waals surface area contributed by atoms with Gasteiger partial charge < -0.3 is 9.47 Å². The summed E-state index contributed by atoms with van der Waals surface area (Å²) in [4.78, 5) is 19.8. The van der Waals surface area contributed by atoms with Gasteiger partial charge in [0.1, 0.15) is 11.6 Å². The molecular formula is C18H20N6. The maximum Gasteiger partial charge on any atom is 0.147 e. The molecule has 1 aliphatic heterocycles. The van der Waals surface area contributed by atoms with Crippen LogP contribution in [0.2, 0.25) is 0 Å². The van der Waals surface area contributed by atoms with Gasteiger partial charge in [-0.25, -0.2) is 9.97 Å². The van der Waals surface area contributed by atoms with Crippen LogP contribution in [-0.4, -0.2) is 37.6 Å². The molecule has 4 heterocycles. The van der Waals surface area contributed by atoms with Crippen LogP contribution in [0, 0.1) is 0 Å². The number of anilines is 1. The van der Waals surface area contributed by atoms with E-state index in [1.165, 1.54) is 5.56 Å². The minimum atomic E-state index is 0.410. The van der Waals surface area contributed by atoms with Gasteiger partial charge in [0.2, 0.25) is 0 Å². The van der Waals surface area contributed by atoms with Gasteiger partial charge in [0.15, 0.2) is 0 Å². The summed E-state index contributed by atoms with van der Waals surface area (Å²) in [5.74, 6) is 2.51. The van der Waals surface area contributed by atoms with Crippen molar-refractivity contribution in [2.45, 2.75) is 25.3 Å². The van der Waals surface area contributed by atoms with E-state index in [4.69, 9.17) is 0 Å². The molecule has 1 saturated heterocycles. The monoisotopic (exact) mass is 320 g/mol. The zero-order valence-corrected chi connectivity index (χ0v) is 13.5. The Morgan fingerprint density at radius 3 is 2.83 bits per heavy atom. The van der Waals surface area contributed by atoms with Crippen LogP contribution >= 0.6 is 0 Å². The molecule has 24 heavy (non-hydrogen) atoms. The predicted molar refractivity (Wildman–Crippen MR) is 91.8 cm³/mol. The molecule has 6 heteroatoms. The second-order valence-electron chi connectivity index (χ2n) is 6.12. The first-order chi connectivity index (χ1) is 11.9. The van der Waals surface area contributed by atoms with Crippen molar-refractivity contribution in [2.75, 3.05) is 18.0 Å². The van der Waals surface area contributed by atoms with Crippen molar-refractivity contribution in [2.24, 2.45) is 0 Å². The number of pyridine rings is 1. The Morgan fingerprint density at radius 2 is 2.00 bits per heavy atom. The molecule has 3 aromatic heterocycles. The molecule has 6 nitrogen and oxygen atoms in total. The lowest BCUT2D eigenvalue weighted by molar-refractivity contribution is 0.473. The summed E-state index contributed by atoms with van der Waals surface area (Å²) < 4.78 is 2.24. The molecule has 1 atom stereocenters. The fraction of sp³-hybridized carbons (Fsp3) is 0.333. The van der Waals surface area contributed by atoms with Crippen LogP contribution in [0.15, 0.2) is 55.5 Å². The molecule has 0 bridgehead atoms.